The third kappa shape index (κ3) is 2.10. The number of hydrogen-bond acceptors (Lipinski definition) is 3. The summed E-state index contributed by atoms with van der Waals surface area (Å²) in [6, 6.07) is 0. The molecule has 0 radical (unpaired) electrons. The maximum Gasteiger partial charge on any atom is 0.236 e. The first-order valence-corrected chi connectivity index (χ1v) is 5.07. The van der Waals surface area contributed by atoms with Gasteiger partial charge in [-0.15, -0.1) is 0 Å². The second-order valence-electron chi connectivity index (χ2n) is 2.69. The van der Waals surface area contributed by atoms with E-state index in [1.807, 2.05) is 16.7 Å². The molecule has 64 valence electrons. The molecule has 4 heteroatoms. The summed E-state index contributed by atoms with van der Waals surface area (Å²) in [4.78, 5) is 12.9. The van der Waals surface area contributed by atoms with Crippen LogP contribution in [0.3, 0.4) is 0 Å². The molecule has 1 saturated heterocycles. The number of carbonyl (C=O) groups is 1. The van der Waals surface area contributed by atoms with E-state index < -0.39 is 0 Å². The zero-order chi connectivity index (χ0) is 8.27. The Morgan fingerprint density at radius 2 is 2.55 bits per heavy atom. The van der Waals surface area contributed by atoms with Crippen molar-refractivity contribution < 1.29 is 4.79 Å². The van der Waals surface area contributed by atoms with Crippen LogP contribution in [-0.4, -0.2) is 41.9 Å². The molecule has 1 atom stereocenters. The molecule has 0 aromatic carbocycles. The fraction of sp³-hybridized carbons (Fsp3) is 0.857. The van der Waals surface area contributed by atoms with Crippen molar-refractivity contribution in [1.82, 2.24) is 4.90 Å². The predicted octanol–water partition coefficient (Wildman–Crippen LogP) is -0.0910. The van der Waals surface area contributed by atoms with E-state index in [4.69, 9.17) is 5.73 Å². The molecule has 2 N–H and O–H groups in total. The maximum absolute atomic E-state index is 11.1. The van der Waals surface area contributed by atoms with Gasteiger partial charge in [0.15, 0.2) is 0 Å². The van der Waals surface area contributed by atoms with Crippen molar-refractivity contribution in [1.29, 1.82) is 0 Å². The second kappa shape index (κ2) is 3.97. The van der Waals surface area contributed by atoms with E-state index in [0.717, 1.165) is 19.5 Å². The number of nitrogens with zero attached hydrogens (tertiary/aromatic N) is 1. The Hall–Kier alpha value is -0.220. The lowest BCUT2D eigenvalue weighted by molar-refractivity contribution is -0.128. The van der Waals surface area contributed by atoms with Gasteiger partial charge in [0, 0.05) is 18.3 Å². The standard InChI is InChI=1S/C7H14N2OS/c1-11-6-2-3-9(5-6)7(10)4-8/h6H,2-5,8H2,1H3. The summed E-state index contributed by atoms with van der Waals surface area (Å²) in [6.07, 6.45) is 3.20. The molecule has 0 bridgehead atoms. The van der Waals surface area contributed by atoms with Gasteiger partial charge in [-0.3, -0.25) is 4.79 Å². The van der Waals surface area contributed by atoms with Crippen LogP contribution in [0.5, 0.6) is 0 Å². The summed E-state index contributed by atoms with van der Waals surface area (Å²) in [6.45, 7) is 1.93. The highest BCUT2D eigenvalue weighted by atomic mass is 32.2. The van der Waals surface area contributed by atoms with Crippen molar-refractivity contribution in [2.24, 2.45) is 5.73 Å². The maximum atomic E-state index is 11.1. The number of carbonyl (C=O) groups excluding carboxylic acids is 1. The lowest BCUT2D eigenvalue weighted by Crippen LogP contribution is -2.34. The molecule has 0 aromatic heterocycles. The minimum Gasteiger partial charge on any atom is -0.340 e. The topological polar surface area (TPSA) is 46.3 Å². The normalized spacial score (nSPS) is 24.2. The third-order valence-corrected chi connectivity index (χ3v) is 3.06. The number of hydrogen-bond donors (Lipinski definition) is 1. The van der Waals surface area contributed by atoms with Crippen LogP contribution < -0.4 is 5.73 Å². The van der Waals surface area contributed by atoms with Gasteiger partial charge < -0.3 is 10.6 Å². The van der Waals surface area contributed by atoms with Crippen molar-refractivity contribution in [2.45, 2.75) is 11.7 Å². The molecule has 0 saturated carbocycles. The highest BCUT2D eigenvalue weighted by molar-refractivity contribution is 7.99. The van der Waals surface area contributed by atoms with Crippen LogP contribution in [-0.2, 0) is 4.79 Å². The van der Waals surface area contributed by atoms with Gasteiger partial charge >= 0.3 is 0 Å². The van der Waals surface area contributed by atoms with Crippen LogP contribution in [0.2, 0.25) is 0 Å². The van der Waals surface area contributed by atoms with Crippen LogP contribution in [0.1, 0.15) is 6.42 Å². The number of rotatable bonds is 2. The summed E-state index contributed by atoms with van der Waals surface area (Å²) < 4.78 is 0. The first-order valence-electron chi connectivity index (χ1n) is 3.78. The van der Waals surface area contributed by atoms with Gasteiger partial charge in [0.25, 0.3) is 0 Å². The summed E-state index contributed by atoms with van der Waals surface area (Å²) in [5, 5.41) is 0.630. The highest BCUT2D eigenvalue weighted by Crippen LogP contribution is 2.19. The zero-order valence-electron chi connectivity index (χ0n) is 6.75. The fourth-order valence-corrected chi connectivity index (χ4v) is 1.95. The molecule has 1 rings (SSSR count). The Balaban J connectivity index is 2.35. The molecule has 1 unspecified atom stereocenters. The average molecular weight is 174 g/mol. The number of nitrogens with two attached hydrogens (primary N) is 1. The van der Waals surface area contributed by atoms with Gasteiger partial charge in [0.05, 0.1) is 6.54 Å². The molecule has 11 heavy (non-hydrogen) atoms. The minimum absolute atomic E-state index is 0.0848. The zero-order valence-corrected chi connectivity index (χ0v) is 7.56. The molecule has 1 fully saturated rings. The average Bonchev–Trinajstić information content (AvgIpc) is 2.50. The molecule has 0 aliphatic carbocycles. The van der Waals surface area contributed by atoms with Crippen molar-refractivity contribution in [2.75, 3.05) is 25.9 Å². The third-order valence-electron chi connectivity index (χ3n) is 2.01. The van der Waals surface area contributed by atoms with E-state index in [-0.39, 0.29) is 12.5 Å². The fourth-order valence-electron chi connectivity index (χ4n) is 1.28. The predicted molar refractivity (Wildman–Crippen MR) is 47.6 cm³/mol. The largest absolute Gasteiger partial charge is 0.340 e. The van der Waals surface area contributed by atoms with Crippen molar-refractivity contribution in [3.05, 3.63) is 0 Å². The van der Waals surface area contributed by atoms with Crippen molar-refractivity contribution in [3.63, 3.8) is 0 Å². The van der Waals surface area contributed by atoms with Crippen LogP contribution in [0.4, 0.5) is 0 Å². The second-order valence-corrected chi connectivity index (χ2v) is 3.83. The Bertz CT molecular complexity index is 151. The number of thioether (sulfide) groups is 1. The van der Waals surface area contributed by atoms with Gasteiger partial charge in [-0.05, 0) is 12.7 Å². The van der Waals surface area contributed by atoms with Crippen LogP contribution >= 0.6 is 11.8 Å². The molecule has 0 spiro atoms. The summed E-state index contributed by atoms with van der Waals surface area (Å²) in [5.74, 6) is 0.0848. The first-order chi connectivity index (χ1) is 5.27. The first kappa shape index (κ1) is 8.87. The smallest absolute Gasteiger partial charge is 0.236 e. The van der Waals surface area contributed by atoms with E-state index in [2.05, 4.69) is 6.26 Å². The highest BCUT2D eigenvalue weighted by Gasteiger charge is 2.24. The lowest BCUT2D eigenvalue weighted by Gasteiger charge is -2.14. The monoisotopic (exact) mass is 174 g/mol. The number of amides is 1. The molecule has 0 aromatic rings. The van der Waals surface area contributed by atoms with Gasteiger partial charge in [0.1, 0.15) is 0 Å². The van der Waals surface area contributed by atoms with Gasteiger partial charge in [-0.25, -0.2) is 0 Å². The SMILES string of the molecule is CSC1CCN(C(=O)CN)C1. The minimum atomic E-state index is 0.0848. The van der Waals surface area contributed by atoms with Crippen LogP contribution in [0.15, 0.2) is 0 Å². The summed E-state index contributed by atoms with van der Waals surface area (Å²) in [7, 11) is 0. The summed E-state index contributed by atoms with van der Waals surface area (Å²) >= 11 is 1.83. The van der Waals surface area contributed by atoms with Gasteiger partial charge in [0.2, 0.25) is 5.91 Å². The quantitative estimate of drug-likeness (QED) is 0.636. The molecule has 1 amide bonds. The Morgan fingerprint density at radius 3 is 3.00 bits per heavy atom. The molecular formula is C7H14N2OS. The number of likely N-dealkylation sites (tertiary alicyclic amines) is 1. The van der Waals surface area contributed by atoms with Crippen molar-refractivity contribution in [3.8, 4) is 0 Å². The molecule has 3 nitrogen and oxygen atoms in total. The van der Waals surface area contributed by atoms with Crippen molar-refractivity contribution >= 4 is 17.7 Å². The Morgan fingerprint density at radius 1 is 1.82 bits per heavy atom. The van der Waals surface area contributed by atoms with E-state index in [9.17, 15) is 4.79 Å². The Kier molecular flexibility index (Phi) is 3.20. The van der Waals surface area contributed by atoms with Gasteiger partial charge in [-0.2, -0.15) is 11.8 Å². The van der Waals surface area contributed by atoms with Crippen LogP contribution in [0, 0.1) is 0 Å². The van der Waals surface area contributed by atoms with E-state index in [0.29, 0.717) is 5.25 Å². The van der Waals surface area contributed by atoms with E-state index in [1.54, 1.807) is 0 Å². The van der Waals surface area contributed by atoms with E-state index >= 15 is 0 Å². The van der Waals surface area contributed by atoms with E-state index in [1.165, 1.54) is 0 Å². The molecular weight excluding hydrogens is 160 g/mol. The summed E-state index contributed by atoms with van der Waals surface area (Å²) in [5.41, 5.74) is 5.24. The Labute approximate surface area is 71.3 Å². The molecule has 1 heterocycles. The van der Waals surface area contributed by atoms with Crippen LogP contribution in [0.25, 0.3) is 0 Å². The molecule has 1 aliphatic heterocycles. The lowest BCUT2D eigenvalue weighted by atomic mass is 10.4. The van der Waals surface area contributed by atoms with Gasteiger partial charge in [-0.1, -0.05) is 0 Å². The molecule has 1 aliphatic rings.